The molecule has 0 unspecified atom stereocenters. The Kier molecular flexibility index (Phi) is 7.34. The van der Waals surface area contributed by atoms with Crippen LogP contribution in [0.3, 0.4) is 0 Å². The monoisotopic (exact) mass is 433 g/mol. The van der Waals surface area contributed by atoms with Gasteiger partial charge in [0.15, 0.2) is 5.96 Å². The lowest BCUT2D eigenvalue weighted by Gasteiger charge is -2.11. The standard InChI is InChI=1S/C15H23N5S.HI/c1-10-6-7-13(21-10)8-17-15(16-4)18-9-14-11(2)19-20(5)12(14)3;/h6-7H,8-9H2,1-5H3,(H2,16,17,18);1H. The van der Waals surface area contributed by atoms with Crippen molar-refractivity contribution in [2.75, 3.05) is 7.05 Å². The highest BCUT2D eigenvalue weighted by atomic mass is 127. The van der Waals surface area contributed by atoms with Gasteiger partial charge in [-0.15, -0.1) is 35.3 Å². The number of hydrogen-bond donors (Lipinski definition) is 2. The third-order valence-electron chi connectivity index (χ3n) is 3.54. The molecule has 0 saturated carbocycles. The minimum atomic E-state index is 0. The average molecular weight is 433 g/mol. The van der Waals surface area contributed by atoms with Crippen molar-refractivity contribution in [1.29, 1.82) is 0 Å². The second-order valence-electron chi connectivity index (χ2n) is 5.06. The number of halogens is 1. The lowest BCUT2D eigenvalue weighted by atomic mass is 10.2. The lowest BCUT2D eigenvalue weighted by molar-refractivity contribution is 0.728. The SMILES string of the molecule is CN=C(NCc1ccc(C)s1)NCc1c(C)nn(C)c1C.I. The zero-order valence-corrected chi connectivity index (χ0v) is 16.9. The predicted octanol–water partition coefficient (Wildman–Crippen LogP) is 2.89. The van der Waals surface area contributed by atoms with Crippen LogP contribution in [0.1, 0.15) is 26.7 Å². The van der Waals surface area contributed by atoms with Crippen LogP contribution < -0.4 is 10.6 Å². The second-order valence-corrected chi connectivity index (χ2v) is 6.44. The van der Waals surface area contributed by atoms with Crippen molar-refractivity contribution in [3.05, 3.63) is 38.8 Å². The minimum Gasteiger partial charge on any atom is -0.352 e. The topological polar surface area (TPSA) is 54.2 Å². The number of aromatic nitrogens is 2. The van der Waals surface area contributed by atoms with Crippen molar-refractivity contribution in [2.45, 2.75) is 33.9 Å². The van der Waals surface area contributed by atoms with Crippen LogP contribution in [0.4, 0.5) is 0 Å². The molecule has 2 aromatic rings. The van der Waals surface area contributed by atoms with Gasteiger partial charge in [0.25, 0.3) is 0 Å². The van der Waals surface area contributed by atoms with E-state index < -0.39 is 0 Å². The number of hydrogen-bond acceptors (Lipinski definition) is 3. The molecule has 0 fully saturated rings. The Bertz CT molecular complexity index is 644. The third kappa shape index (κ3) is 4.70. The van der Waals surface area contributed by atoms with Gasteiger partial charge in [0.05, 0.1) is 12.2 Å². The van der Waals surface area contributed by atoms with Crippen LogP contribution in [0.15, 0.2) is 17.1 Å². The number of rotatable bonds is 4. The van der Waals surface area contributed by atoms with Crippen molar-refractivity contribution in [2.24, 2.45) is 12.0 Å². The van der Waals surface area contributed by atoms with E-state index in [1.807, 2.05) is 18.7 Å². The normalized spacial score (nSPS) is 11.2. The molecular weight excluding hydrogens is 409 g/mol. The fraction of sp³-hybridized carbons (Fsp3) is 0.467. The van der Waals surface area contributed by atoms with Crippen LogP contribution in [0.5, 0.6) is 0 Å². The zero-order valence-electron chi connectivity index (χ0n) is 13.7. The van der Waals surface area contributed by atoms with E-state index in [9.17, 15) is 0 Å². The molecule has 0 saturated heterocycles. The molecule has 0 aliphatic carbocycles. The summed E-state index contributed by atoms with van der Waals surface area (Å²) in [7, 11) is 3.76. The summed E-state index contributed by atoms with van der Waals surface area (Å²) in [6.45, 7) is 7.77. The summed E-state index contributed by atoms with van der Waals surface area (Å²) >= 11 is 1.80. The molecule has 0 bridgehead atoms. The van der Waals surface area contributed by atoms with E-state index in [1.165, 1.54) is 21.0 Å². The molecule has 0 aromatic carbocycles. The van der Waals surface area contributed by atoms with Gasteiger partial charge in [-0.2, -0.15) is 5.10 Å². The Morgan fingerprint density at radius 3 is 2.41 bits per heavy atom. The molecule has 2 rings (SSSR count). The molecule has 0 aliphatic heterocycles. The van der Waals surface area contributed by atoms with Crippen LogP contribution in [0, 0.1) is 20.8 Å². The molecular formula is C15H24IN5S. The van der Waals surface area contributed by atoms with E-state index in [0.29, 0.717) is 0 Å². The number of guanidine groups is 1. The maximum atomic E-state index is 4.43. The Labute approximate surface area is 153 Å². The van der Waals surface area contributed by atoms with E-state index in [1.54, 1.807) is 18.4 Å². The molecule has 22 heavy (non-hydrogen) atoms. The smallest absolute Gasteiger partial charge is 0.191 e. The van der Waals surface area contributed by atoms with Gasteiger partial charge in [0.2, 0.25) is 0 Å². The van der Waals surface area contributed by atoms with Gasteiger partial charge >= 0.3 is 0 Å². The second kappa shape index (κ2) is 8.52. The van der Waals surface area contributed by atoms with Crippen molar-refractivity contribution >= 4 is 41.3 Å². The molecule has 7 heteroatoms. The number of thiophene rings is 1. The number of aliphatic imine (C=N–C) groups is 1. The average Bonchev–Trinajstić information content (AvgIpc) is 2.96. The summed E-state index contributed by atoms with van der Waals surface area (Å²) < 4.78 is 1.91. The van der Waals surface area contributed by atoms with Gasteiger partial charge in [-0.1, -0.05) is 0 Å². The van der Waals surface area contributed by atoms with E-state index in [-0.39, 0.29) is 24.0 Å². The summed E-state index contributed by atoms with van der Waals surface area (Å²) in [6.07, 6.45) is 0. The largest absolute Gasteiger partial charge is 0.352 e. The maximum Gasteiger partial charge on any atom is 0.191 e. The van der Waals surface area contributed by atoms with E-state index in [2.05, 4.69) is 46.7 Å². The minimum absolute atomic E-state index is 0. The predicted molar refractivity (Wildman–Crippen MR) is 104 cm³/mol. The molecule has 2 aromatic heterocycles. The van der Waals surface area contributed by atoms with E-state index in [4.69, 9.17) is 0 Å². The summed E-state index contributed by atoms with van der Waals surface area (Å²) in [6, 6.07) is 4.29. The lowest BCUT2D eigenvalue weighted by Crippen LogP contribution is -2.36. The maximum absolute atomic E-state index is 4.43. The van der Waals surface area contributed by atoms with Crippen molar-refractivity contribution in [3.8, 4) is 0 Å². The van der Waals surface area contributed by atoms with Gasteiger partial charge in [-0.3, -0.25) is 9.67 Å². The van der Waals surface area contributed by atoms with Crippen molar-refractivity contribution in [1.82, 2.24) is 20.4 Å². The first-order chi connectivity index (χ1) is 10.0. The fourth-order valence-electron chi connectivity index (χ4n) is 2.22. The van der Waals surface area contributed by atoms with Crippen LogP contribution >= 0.6 is 35.3 Å². The first-order valence-electron chi connectivity index (χ1n) is 7.00. The van der Waals surface area contributed by atoms with E-state index >= 15 is 0 Å². The highest BCUT2D eigenvalue weighted by Crippen LogP contribution is 2.14. The molecule has 2 heterocycles. The Morgan fingerprint density at radius 1 is 1.23 bits per heavy atom. The number of nitrogens with one attached hydrogen (secondary N) is 2. The van der Waals surface area contributed by atoms with Gasteiger partial charge in [-0.25, -0.2) is 0 Å². The first kappa shape index (κ1) is 19.0. The molecule has 0 radical (unpaired) electrons. The van der Waals surface area contributed by atoms with Crippen LogP contribution in [0.2, 0.25) is 0 Å². The Balaban J connectivity index is 0.00000242. The molecule has 0 amide bonds. The Morgan fingerprint density at radius 2 is 1.91 bits per heavy atom. The van der Waals surface area contributed by atoms with E-state index in [0.717, 1.165) is 24.7 Å². The first-order valence-corrected chi connectivity index (χ1v) is 7.81. The van der Waals surface area contributed by atoms with Crippen LogP contribution in [0.25, 0.3) is 0 Å². The molecule has 0 spiro atoms. The van der Waals surface area contributed by atoms with Gasteiger partial charge in [0.1, 0.15) is 0 Å². The van der Waals surface area contributed by atoms with Crippen LogP contribution in [-0.2, 0) is 20.1 Å². The van der Waals surface area contributed by atoms with Crippen molar-refractivity contribution < 1.29 is 0 Å². The van der Waals surface area contributed by atoms with Crippen molar-refractivity contribution in [3.63, 3.8) is 0 Å². The Hall–Kier alpha value is -1.09. The number of aryl methyl sites for hydroxylation is 3. The zero-order chi connectivity index (χ0) is 15.4. The molecule has 5 nitrogen and oxygen atoms in total. The molecule has 122 valence electrons. The summed E-state index contributed by atoms with van der Waals surface area (Å²) in [5.74, 6) is 0.809. The quantitative estimate of drug-likeness (QED) is 0.443. The molecule has 0 aliphatic rings. The third-order valence-corrected chi connectivity index (χ3v) is 4.54. The number of nitrogens with zero attached hydrogens (tertiary/aromatic N) is 3. The summed E-state index contributed by atoms with van der Waals surface area (Å²) in [4.78, 5) is 6.90. The molecule has 2 N–H and O–H groups in total. The summed E-state index contributed by atoms with van der Waals surface area (Å²) in [5, 5.41) is 11.1. The van der Waals surface area contributed by atoms with Gasteiger partial charge in [0, 0.05) is 41.7 Å². The fourth-order valence-corrected chi connectivity index (χ4v) is 3.05. The van der Waals surface area contributed by atoms with Gasteiger partial charge in [-0.05, 0) is 32.9 Å². The summed E-state index contributed by atoms with van der Waals surface area (Å²) in [5.41, 5.74) is 3.48. The van der Waals surface area contributed by atoms with Gasteiger partial charge < -0.3 is 10.6 Å². The van der Waals surface area contributed by atoms with Crippen LogP contribution in [-0.4, -0.2) is 22.8 Å². The highest BCUT2D eigenvalue weighted by molar-refractivity contribution is 14.0. The highest BCUT2D eigenvalue weighted by Gasteiger charge is 2.09. The molecule has 0 atom stereocenters.